The van der Waals surface area contributed by atoms with Gasteiger partial charge in [0.05, 0.1) is 14.4 Å². The number of amides is 1. The molecule has 1 aromatic carbocycles. The van der Waals surface area contributed by atoms with E-state index in [9.17, 15) is 4.79 Å². The minimum Gasteiger partial charge on any atom is -0.302 e. The smallest absolute Gasteiger partial charge is 0.226 e. The van der Waals surface area contributed by atoms with E-state index in [1.54, 1.807) is 23.1 Å². The minimum atomic E-state index is 0.0257. The van der Waals surface area contributed by atoms with Crippen LogP contribution in [0, 0.1) is 6.92 Å². The number of aromatic nitrogens is 1. The molecular formula is C18H17BrN2OS3. The van der Waals surface area contributed by atoms with Crippen molar-refractivity contribution in [2.45, 2.75) is 24.7 Å². The number of rotatable bonds is 7. The third-order valence-corrected chi connectivity index (χ3v) is 6.92. The highest BCUT2D eigenvalue weighted by molar-refractivity contribution is 9.11. The van der Waals surface area contributed by atoms with Gasteiger partial charge in [0.1, 0.15) is 0 Å². The summed E-state index contributed by atoms with van der Waals surface area (Å²) in [6, 6.07) is 12.5. The number of thioether (sulfide) groups is 1. The molecule has 3 rings (SSSR count). The number of nitrogens with zero attached hydrogens (tertiary/aromatic N) is 1. The van der Waals surface area contributed by atoms with Crippen LogP contribution in [0.15, 0.2) is 50.5 Å². The number of hydrogen-bond acceptors (Lipinski definition) is 5. The number of carbonyl (C=O) groups is 1. The molecule has 0 bridgehead atoms. The monoisotopic (exact) mass is 452 g/mol. The summed E-state index contributed by atoms with van der Waals surface area (Å²) in [4.78, 5) is 18.9. The Morgan fingerprint density at radius 2 is 2.04 bits per heavy atom. The first kappa shape index (κ1) is 18.6. The predicted octanol–water partition coefficient (Wildman–Crippen LogP) is 6.45. The van der Waals surface area contributed by atoms with Crippen LogP contribution in [-0.4, -0.2) is 16.6 Å². The van der Waals surface area contributed by atoms with Crippen molar-refractivity contribution in [3.8, 4) is 10.6 Å². The third-order valence-electron chi connectivity index (χ3n) is 3.41. The molecule has 0 saturated heterocycles. The Kier molecular flexibility index (Phi) is 6.70. The molecule has 3 nitrogen and oxygen atoms in total. The molecule has 1 N–H and O–H groups in total. The highest BCUT2D eigenvalue weighted by Gasteiger charge is 2.09. The van der Waals surface area contributed by atoms with Crippen molar-refractivity contribution in [2.24, 2.45) is 0 Å². The summed E-state index contributed by atoms with van der Waals surface area (Å²) in [6.07, 6.45) is 1.36. The van der Waals surface area contributed by atoms with Gasteiger partial charge in [-0.3, -0.25) is 4.79 Å². The van der Waals surface area contributed by atoms with Gasteiger partial charge >= 0.3 is 0 Å². The first-order valence-corrected chi connectivity index (χ1v) is 11.3. The Labute approximate surface area is 168 Å². The molecule has 0 atom stereocenters. The third kappa shape index (κ3) is 5.67. The summed E-state index contributed by atoms with van der Waals surface area (Å²) >= 11 is 8.34. The van der Waals surface area contributed by atoms with E-state index in [1.807, 2.05) is 17.5 Å². The Morgan fingerprint density at radius 1 is 1.24 bits per heavy atom. The van der Waals surface area contributed by atoms with Gasteiger partial charge in [-0.05, 0) is 59.3 Å². The number of aryl methyl sites for hydroxylation is 1. The fourth-order valence-corrected chi connectivity index (χ4v) is 5.14. The van der Waals surface area contributed by atoms with E-state index in [2.05, 4.69) is 57.4 Å². The van der Waals surface area contributed by atoms with Crippen molar-refractivity contribution in [2.75, 3.05) is 11.1 Å². The van der Waals surface area contributed by atoms with Gasteiger partial charge in [-0.25, -0.2) is 4.98 Å². The van der Waals surface area contributed by atoms with Crippen molar-refractivity contribution < 1.29 is 4.79 Å². The molecule has 0 spiro atoms. The van der Waals surface area contributed by atoms with Crippen LogP contribution in [0.2, 0.25) is 0 Å². The maximum Gasteiger partial charge on any atom is 0.226 e. The maximum atomic E-state index is 12.1. The van der Waals surface area contributed by atoms with E-state index >= 15 is 0 Å². The van der Waals surface area contributed by atoms with Gasteiger partial charge in [0.2, 0.25) is 5.91 Å². The molecule has 0 aliphatic carbocycles. The summed E-state index contributed by atoms with van der Waals surface area (Å²) in [6.45, 7) is 2.08. The number of thiazole rings is 1. The van der Waals surface area contributed by atoms with Crippen LogP contribution in [0.3, 0.4) is 0 Å². The summed E-state index contributed by atoms with van der Waals surface area (Å²) in [7, 11) is 0. The van der Waals surface area contributed by atoms with Crippen LogP contribution in [0.4, 0.5) is 5.13 Å². The molecule has 1 amide bonds. The topological polar surface area (TPSA) is 42.0 Å². The van der Waals surface area contributed by atoms with Crippen LogP contribution in [-0.2, 0) is 4.79 Å². The summed E-state index contributed by atoms with van der Waals surface area (Å²) in [5.74, 6) is 0.959. The average molecular weight is 453 g/mol. The van der Waals surface area contributed by atoms with Gasteiger partial charge in [0.15, 0.2) is 5.13 Å². The van der Waals surface area contributed by atoms with Gasteiger partial charge < -0.3 is 5.32 Å². The van der Waals surface area contributed by atoms with Crippen LogP contribution < -0.4 is 5.32 Å². The molecule has 130 valence electrons. The fourth-order valence-electron chi connectivity index (χ4n) is 2.14. The van der Waals surface area contributed by atoms with Gasteiger partial charge in [-0.15, -0.1) is 34.4 Å². The lowest BCUT2D eigenvalue weighted by atomic mass is 10.2. The molecule has 0 fully saturated rings. The quantitative estimate of drug-likeness (QED) is 0.330. The summed E-state index contributed by atoms with van der Waals surface area (Å²) in [5, 5.41) is 5.53. The Hall–Kier alpha value is -1.15. The highest BCUT2D eigenvalue weighted by atomic mass is 79.9. The zero-order valence-corrected chi connectivity index (χ0v) is 17.7. The van der Waals surface area contributed by atoms with Crippen molar-refractivity contribution >= 4 is 61.4 Å². The molecule has 0 aliphatic rings. The van der Waals surface area contributed by atoms with E-state index in [0.717, 1.165) is 26.5 Å². The van der Waals surface area contributed by atoms with Gasteiger partial charge in [-0.2, -0.15) is 0 Å². The lowest BCUT2D eigenvalue weighted by molar-refractivity contribution is -0.116. The van der Waals surface area contributed by atoms with E-state index in [0.29, 0.717) is 11.6 Å². The SMILES string of the molecule is Cc1ccc(SCCCC(=O)Nc2nc(-c3ccc(Br)s3)cs2)cc1. The Balaban J connectivity index is 1.42. The Morgan fingerprint density at radius 3 is 2.76 bits per heavy atom. The number of carbonyl (C=O) groups excluding carboxylic acids is 1. The van der Waals surface area contributed by atoms with Gasteiger partial charge in [-0.1, -0.05) is 17.7 Å². The zero-order valence-electron chi connectivity index (χ0n) is 13.6. The lowest BCUT2D eigenvalue weighted by Crippen LogP contribution is -2.11. The molecule has 7 heteroatoms. The predicted molar refractivity (Wildman–Crippen MR) is 113 cm³/mol. The van der Waals surface area contributed by atoms with Crippen LogP contribution >= 0.6 is 50.4 Å². The van der Waals surface area contributed by atoms with Crippen molar-refractivity contribution in [1.29, 1.82) is 0 Å². The number of thiophene rings is 1. The molecule has 2 heterocycles. The zero-order chi connectivity index (χ0) is 17.6. The molecule has 3 aromatic rings. The van der Waals surface area contributed by atoms with Crippen LogP contribution in [0.1, 0.15) is 18.4 Å². The van der Waals surface area contributed by atoms with E-state index in [4.69, 9.17) is 0 Å². The Bertz CT molecular complexity index is 842. The van der Waals surface area contributed by atoms with Crippen molar-refractivity contribution in [1.82, 2.24) is 4.98 Å². The summed E-state index contributed by atoms with van der Waals surface area (Å²) in [5.41, 5.74) is 2.17. The second-order valence-electron chi connectivity index (χ2n) is 5.45. The second-order valence-corrected chi connectivity index (χ2v) is 9.94. The first-order chi connectivity index (χ1) is 12.1. The van der Waals surface area contributed by atoms with Gasteiger partial charge in [0.25, 0.3) is 0 Å². The number of hydrogen-bond donors (Lipinski definition) is 1. The summed E-state index contributed by atoms with van der Waals surface area (Å²) < 4.78 is 1.08. The normalized spacial score (nSPS) is 10.8. The number of anilines is 1. The second kappa shape index (κ2) is 8.98. The molecule has 2 aromatic heterocycles. The number of nitrogens with one attached hydrogen (secondary N) is 1. The molecule has 25 heavy (non-hydrogen) atoms. The van der Waals surface area contributed by atoms with Crippen molar-refractivity contribution in [3.05, 3.63) is 51.1 Å². The van der Waals surface area contributed by atoms with Crippen LogP contribution in [0.5, 0.6) is 0 Å². The molecule has 0 radical (unpaired) electrons. The van der Waals surface area contributed by atoms with Gasteiger partial charge in [0, 0.05) is 16.7 Å². The van der Waals surface area contributed by atoms with Crippen LogP contribution in [0.25, 0.3) is 10.6 Å². The lowest BCUT2D eigenvalue weighted by Gasteiger charge is -2.03. The first-order valence-electron chi connectivity index (χ1n) is 7.81. The number of halogens is 1. The molecular weight excluding hydrogens is 436 g/mol. The fraction of sp³-hybridized carbons (Fsp3) is 0.222. The van der Waals surface area contributed by atoms with E-state index in [-0.39, 0.29) is 5.91 Å². The largest absolute Gasteiger partial charge is 0.302 e. The highest BCUT2D eigenvalue weighted by Crippen LogP contribution is 2.33. The average Bonchev–Trinajstić information content (AvgIpc) is 3.22. The molecule has 0 saturated carbocycles. The minimum absolute atomic E-state index is 0.0257. The van der Waals surface area contributed by atoms with Crippen molar-refractivity contribution in [3.63, 3.8) is 0 Å². The number of benzene rings is 1. The maximum absolute atomic E-state index is 12.1. The van der Waals surface area contributed by atoms with E-state index < -0.39 is 0 Å². The molecule has 0 unspecified atom stereocenters. The van der Waals surface area contributed by atoms with E-state index in [1.165, 1.54) is 21.8 Å². The standard InChI is InChI=1S/C18H17BrN2OS3/c1-12-4-6-13(7-5-12)23-10-2-3-17(22)21-18-20-14(11-24-18)15-8-9-16(19)25-15/h4-9,11H,2-3,10H2,1H3,(H,20,21,22). The molecule has 0 aliphatic heterocycles.